The van der Waals surface area contributed by atoms with Gasteiger partial charge in [0.1, 0.15) is 6.54 Å². The molecule has 158 valence electrons. The predicted molar refractivity (Wildman–Crippen MR) is 124 cm³/mol. The molecule has 4 aromatic rings. The van der Waals surface area contributed by atoms with Crippen LogP contribution in [0.2, 0.25) is 0 Å². The van der Waals surface area contributed by atoms with Crippen LogP contribution >= 0.6 is 0 Å². The van der Waals surface area contributed by atoms with E-state index in [1.165, 1.54) is 11.1 Å². The van der Waals surface area contributed by atoms with Crippen molar-refractivity contribution in [2.45, 2.75) is 20.4 Å². The molecule has 0 aliphatic carbocycles. The number of aryl methyl sites for hydroxylation is 1. The number of piperazine rings is 1. The lowest BCUT2D eigenvalue weighted by Crippen LogP contribution is -2.49. The van der Waals surface area contributed by atoms with Gasteiger partial charge in [-0.25, -0.2) is 4.68 Å². The van der Waals surface area contributed by atoms with E-state index in [9.17, 15) is 4.79 Å². The molecule has 1 aliphatic heterocycles. The third-order valence-corrected chi connectivity index (χ3v) is 6.19. The van der Waals surface area contributed by atoms with Crippen molar-refractivity contribution in [3.63, 3.8) is 0 Å². The zero-order valence-electron chi connectivity index (χ0n) is 18.0. The van der Waals surface area contributed by atoms with E-state index >= 15 is 0 Å². The van der Waals surface area contributed by atoms with Crippen molar-refractivity contribution >= 4 is 22.5 Å². The first kappa shape index (κ1) is 19.4. The fraction of sp³-hybridized carbons (Fsp3) is 0.280. The molecule has 1 amide bonds. The van der Waals surface area contributed by atoms with Gasteiger partial charge in [-0.1, -0.05) is 36.4 Å². The second-order valence-corrected chi connectivity index (χ2v) is 8.14. The third-order valence-electron chi connectivity index (χ3n) is 6.19. The number of para-hydroxylation sites is 2. The quantitative estimate of drug-likeness (QED) is 0.511. The van der Waals surface area contributed by atoms with Gasteiger partial charge in [-0.3, -0.25) is 4.79 Å². The smallest absolute Gasteiger partial charge is 0.242 e. The highest BCUT2D eigenvalue weighted by Crippen LogP contribution is 2.27. The summed E-state index contributed by atoms with van der Waals surface area (Å²) >= 11 is 0. The molecule has 0 unspecified atom stereocenters. The summed E-state index contributed by atoms with van der Waals surface area (Å²) < 4.78 is 4.06. The molecule has 0 N–H and O–H groups in total. The Morgan fingerprint density at radius 1 is 0.903 bits per heavy atom. The first-order chi connectivity index (χ1) is 15.1. The molecule has 0 saturated carbocycles. The Hall–Kier alpha value is -3.54. The molecule has 0 atom stereocenters. The van der Waals surface area contributed by atoms with Crippen LogP contribution in [0.5, 0.6) is 0 Å². The zero-order valence-corrected chi connectivity index (χ0v) is 18.0. The number of carbonyl (C=O) groups is 1. The van der Waals surface area contributed by atoms with Crippen LogP contribution < -0.4 is 4.90 Å². The van der Waals surface area contributed by atoms with Crippen LogP contribution in [0.3, 0.4) is 0 Å². The van der Waals surface area contributed by atoms with Gasteiger partial charge in [0.05, 0.1) is 22.8 Å². The molecular weight excluding hydrogens is 386 g/mol. The summed E-state index contributed by atoms with van der Waals surface area (Å²) in [6.45, 7) is 7.67. The fourth-order valence-electron chi connectivity index (χ4n) is 4.62. The Balaban J connectivity index is 1.27. The van der Waals surface area contributed by atoms with Gasteiger partial charge in [-0.15, -0.1) is 0 Å². The van der Waals surface area contributed by atoms with Crippen LogP contribution in [0.4, 0.5) is 5.69 Å². The molecule has 0 bridgehead atoms. The molecule has 5 rings (SSSR count). The van der Waals surface area contributed by atoms with E-state index in [2.05, 4.69) is 49.1 Å². The minimum absolute atomic E-state index is 0.175. The molecular formula is C25H27N5O. The van der Waals surface area contributed by atoms with E-state index in [0.29, 0.717) is 6.54 Å². The molecule has 2 aromatic carbocycles. The van der Waals surface area contributed by atoms with Gasteiger partial charge in [-0.2, -0.15) is 5.10 Å². The summed E-state index contributed by atoms with van der Waals surface area (Å²) in [5.74, 6) is 0.175. The molecule has 0 radical (unpaired) electrons. The van der Waals surface area contributed by atoms with Gasteiger partial charge in [0.15, 0.2) is 0 Å². The normalized spacial score (nSPS) is 14.4. The number of hydrogen-bond acceptors (Lipinski definition) is 3. The Kier molecular flexibility index (Phi) is 4.98. The van der Waals surface area contributed by atoms with E-state index in [-0.39, 0.29) is 5.91 Å². The number of benzene rings is 2. The number of hydrogen-bond donors (Lipinski definition) is 0. The molecule has 1 fully saturated rings. The van der Waals surface area contributed by atoms with Crippen LogP contribution in [0, 0.1) is 13.8 Å². The van der Waals surface area contributed by atoms with Crippen LogP contribution in [0.15, 0.2) is 66.9 Å². The summed E-state index contributed by atoms with van der Waals surface area (Å²) in [5, 5.41) is 5.95. The fourth-order valence-corrected chi connectivity index (χ4v) is 4.62. The minimum Gasteiger partial charge on any atom is -0.365 e. The maximum Gasteiger partial charge on any atom is 0.242 e. The van der Waals surface area contributed by atoms with Gasteiger partial charge in [0, 0.05) is 37.9 Å². The van der Waals surface area contributed by atoms with Gasteiger partial charge in [0.25, 0.3) is 0 Å². The predicted octanol–water partition coefficient (Wildman–Crippen LogP) is 3.79. The number of anilines is 1. The molecule has 1 saturated heterocycles. The Bertz CT molecular complexity index is 1220. The summed E-state index contributed by atoms with van der Waals surface area (Å²) in [5.41, 5.74) is 5.53. The second kappa shape index (κ2) is 7.95. The second-order valence-electron chi connectivity index (χ2n) is 8.14. The lowest BCUT2D eigenvalue weighted by Gasteiger charge is -2.36. The van der Waals surface area contributed by atoms with E-state index < -0.39 is 0 Å². The average Bonchev–Trinajstić information content (AvgIpc) is 3.34. The van der Waals surface area contributed by atoms with Crippen molar-refractivity contribution in [3.8, 4) is 5.69 Å². The van der Waals surface area contributed by atoms with Crippen molar-refractivity contribution in [2.24, 2.45) is 0 Å². The first-order valence-electron chi connectivity index (χ1n) is 10.8. The lowest BCUT2D eigenvalue weighted by atomic mass is 10.2. The van der Waals surface area contributed by atoms with Crippen molar-refractivity contribution in [3.05, 3.63) is 78.2 Å². The molecule has 2 aromatic heterocycles. The molecule has 1 aliphatic rings. The number of nitrogens with zero attached hydrogens (tertiary/aromatic N) is 5. The van der Waals surface area contributed by atoms with Gasteiger partial charge < -0.3 is 14.4 Å². The average molecular weight is 414 g/mol. The summed E-state index contributed by atoms with van der Waals surface area (Å²) in [6, 6.07) is 20.5. The Morgan fingerprint density at radius 2 is 1.61 bits per heavy atom. The van der Waals surface area contributed by atoms with Gasteiger partial charge in [-0.05, 0) is 43.5 Å². The SMILES string of the molecule is Cc1nn(-c2ccccc2)c(C)c1N1CCN(C(=O)Cn2ccc3ccccc32)CC1. The number of fused-ring (bicyclic) bond motifs is 1. The minimum atomic E-state index is 0.175. The highest BCUT2D eigenvalue weighted by atomic mass is 16.2. The Morgan fingerprint density at radius 3 is 2.39 bits per heavy atom. The largest absolute Gasteiger partial charge is 0.365 e. The van der Waals surface area contributed by atoms with E-state index in [1.807, 2.05) is 50.7 Å². The van der Waals surface area contributed by atoms with Crippen molar-refractivity contribution in [2.75, 3.05) is 31.1 Å². The lowest BCUT2D eigenvalue weighted by molar-refractivity contribution is -0.132. The van der Waals surface area contributed by atoms with Gasteiger partial charge >= 0.3 is 0 Å². The highest BCUT2D eigenvalue weighted by molar-refractivity contribution is 5.83. The Labute approximate surface area is 182 Å². The maximum atomic E-state index is 12.9. The van der Waals surface area contributed by atoms with E-state index in [0.717, 1.165) is 48.8 Å². The molecule has 3 heterocycles. The van der Waals surface area contributed by atoms with E-state index in [4.69, 9.17) is 5.10 Å². The summed E-state index contributed by atoms with van der Waals surface area (Å²) in [7, 11) is 0. The van der Waals surface area contributed by atoms with Crippen LogP contribution in [0.1, 0.15) is 11.4 Å². The van der Waals surface area contributed by atoms with Gasteiger partial charge in [0.2, 0.25) is 5.91 Å². The molecule has 6 heteroatoms. The molecule has 31 heavy (non-hydrogen) atoms. The number of amides is 1. The van der Waals surface area contributed by atoms with Crippen LogP contribution in [-0.4, -0.2) is 51.3 Å². The monoisotopic (exact) mass is 413 g/mol. The summed E-state index contributed by atoms with van der Waals surface area (Å²) in [4.78, 5) is 17.3. The third kappa shape index (κ3) is 3.58. The first-order valence-corrected chi connectivity index (χ1v) is 10.8. The van der Waals surface area contributed by atoms with Crippen LogP contribution in [-0.2, 0) is 11.3 Å². The maximum absolute atomic E-state index is 12.9. The van der Waals surface area contributed by atoms with E-state index in [1.54, 1.807) is 0 Å². The highest BCUT2D eigenvalue weighted by Gasteiger charge is 2.25. The number of carbonyl (C=O) groups excluding carboxylic acids is 1. The zero-order chi connectivity index (χ0) is 21.4. The topological polar surface area (TPSA) is 46.3 Å². The van der Waals surface area contributed by atoms with Crippen LogP contribution in [0.25, 0.3) is 16.6 Å². The number of rotatable bonds is 4. The van der Waals surface area contributed by atoms with Crippen molar-refractivity contribution in [1.82, 2.24) is 19.2 Å². The summed E-state index contributed by atoms with van der Waals surface area (Å²) in [6.07, 6.45) is 2.00. The standard InChI is InChI=1S/C25H27N5O/c1-19-25(20(2)30(26-19)22-9-4-3-5-10-22)28-16-14-27(15-17-28)24(31)18-29-13-12-21-8-6-7-11-23(21)29/h3-13H,14-18H2,1-2H3. The van der Waals surface area contributed by atoms with Crippen molar-refractivity contribution < 1.29 is 4.79 Å². The van der Waals surface area contributed by atoms with Crippen molar-refractivity contribution in [1.29, 1.82) is 0 Å². The number of aromatic nitrogens is 3. The molecule has 0 spiro atoms. The molecule has 6 nitrogen and oxygen atoms in total.